The molecule has 0 spiro atoms. The fourth-order valence-corrected chi connectivity index (χ4v) is 3.46. The van der Waals surface area contributed by atoms with Gasteiger partial charge in [-0.05, 0) is 49.7 Å². The van der Waals surface area contributed by atoms with Crippen LogP contribution in [-0.4, -0.2) is 27.5 Å². The topological polar surface area (TPSA) is 84.5 Å². The van der Waals surface area contributed by atoms with Gasteiger partial charge in [-0.15, -0.1) is 0 Å². The van der Waals surface area contributed by atoms with Crippen molar-refractivity contribution in [2.24, 2.45) is 0 Å². The van der Waals surface area contributed by atoms with Gasteiger partial charge in [0.15, 0.2) is 0 Å². The molecule has 2 aromatic carbocycles. The zero-order chi connectivity index (χ0) is 18.6. The summed E-state index contributed by atoms with van der Waals surface area (Å²) < 4.78 is 45.8. The van der Waals surface area contributed by atoms with Crippen LogP contribution in [0.1, 0.15) is 12.5 Å². The molecule has 0 bridgehead atoms. The van der Waals surface area contributed by atoms with E-state index >= 15 is 0 Å². The highest BCUT2D eigenvalue weighted by Crippen LogP contribution is 2.21. The van der Waals surface area contributed by atoms with E-state index in [0.29, 0.717) is 11.3 Å². The maximum Gasteiger partial charge on any atom is 0.242 e. The van der Waals surface area contributed by atoms with Crippen molar-refractivity contribution in [2.75, 3.05) is 12.4 Å². The number of benzene rings is 2. The van der Waals surface area contributed by atoms with E-state index in [-0.39, 0.29) is 10.6 Å². The summed E-state index contributed by atoms with van der Waals surface area (Å²) in [5, 5.41) is 2.35. The molecule has 134 valence electrons. The lowest BCUT2D eigenvalue weighted by Gasteiger charge is -2.15. The van der Waals surface area contributed by atoms with E-state index in [1.54, 1.807) is 13.0 Å². The van der Waals surface area contributed by atoms with E-state index in [1.165, 1.54) is 50.4 Å². The number of aryl methyl sites for hydroxylation is 1. The van der Waals surface area contributed by atoms with Crippen molar-refractivity contribution in [3.05, 3.63) is 53.8 Å². The van der Waals surface area contributed by atoms with Crippen molar-refractivity contribution in [3.63, 3.8) is 0 Å². The molecule has 2 aromatic rings. The molecule has 6 nitrogen and oxygen atoms in total. The third kappa shape index (κ3) is 4.55. The highest BCUT2D eigenvalue weighted by Gasteiger charge is 2.23. The zero-order valence-corrected chi connectivity index (χ0v) is 14.9. The van der Waals surface area contributed by atoms with E-state index in [9.17, 15) is 17.6 Å². The zero-order valence-electron chi connectivity index (χ0n) is 14.0. The minimum atomic E-state index is -3.91. The number of anilines is 1. The Balaban J connectivity index is 2.12. The SMILES string of the molecule is COc1ccc(S(=O)(=O)N[C@@H](C)C(=O)Nc2ccccc2F)cc1C. The molecule has 0 saturated carbocycles. The van der Waals surface area contributed by atoms with Gasteiger partial charge in [0.25, 0.3) is 0 Å². The van der Waals surface area contributed by atoms with Crippen LogP contribution in [0.4, 0.5) is 10.1 Å². The molecule has 2 N–H and O–H groups in total. The quantitative estimate of drug-likeness (QED) is 0.822. The van der Waals surface area contributed by atoms with Crippen molar-refractivity contribution < 1.29 is 22.3 Å². The van der Waals surface area contributed by atoms with Crippen LogP contribution >= 0.6 is 0 Å². The lowest BCUT2D eigenvalue weighted by Crippen LogP contribution is -2.41. The van der Waals surface area contributed by atoms with E-state index in [1.807, 2.05) is 0 Å². The van der Waals surface area contributed by atoms with Crippen molar-refractivity contribution in [3.8, 4) is 5.75 Å². The number of para-hydroxylation sites is 1. The Labute approximate surface area is 146 Å². The number of halogens is 1. The molecular weight excluding hydrogens is 347 g/mol. The average Bonchev–Trinajstić information content (AvgIpc) is 2.56. The van der Waals surface area contributed by atoms with Crippen LogP contribution in [0.3, 0.4) is 0 Å². The summed E-state index contributed by atoms with van der Waals surface area (Å²) in [6.45, 7) is 3.09. The van der Waals surface area contributed by atoms with Gasteiger partial charge in [-0.3, -0.25) is 4.79 Å². The molecule has 0 saturated heterocycles. The summed E-state index contributed by atoms with van der Waals surface area (Å²) in [4.78, 5) is 12.1. The molecule has 0 aliphatic heterocycles. The monoisotopic (exact) mass is 366 g/mol. The average molecular weight is 366 g/mol. The number of hydrogen-bond acceptors (Lipinski definition) is 4. The van der Waals surface area contributed by atoms with Crippen molar-refractivity contribution >= 4 is 21.6 Å². The summed E-state index contributed by atoms with van der Waals surface area (Å²) in [5.41, 5.74) is 0.632. The highest BCUT2D eigenvalue weighted by atomic mass is 32.2. The van der Waals surface area contributed by atoms with Crippen LogP contribution in [-0.2, 0) is 14.8 Å². The van der Waals surface area contributed by atoms with E-state index < -0.39 is 27.8 Å². The molecule has 0 aliphatic rings. The number of sulfonamides is 1. The Morgan fingerprint density at radius 2 is 1.88 bits per heavy atom. The normalized spacial score (nSPS) is 12.5. The minimum absolute atomic E-state index is 0.0105. The molecule has 0 fully saturated rings. The molecule has 2 rings (SSSR count). The second-order valence-corrected chi connectivity index (χ2v) is 7.16. The summed E-state index contributed by atoms with van der Waals surface area (Å²) >= 11 is 0. The lowest BCUT2D eigenvalue weighted by molar-refractivity contribution is -0.117. The van der Waals surface area contributed by atoms with E-state index in [0.717, 1.165) is 0 Å². The van der Waals surface area contributed by atoms with Gasteiger partial charge >= 0.3 is 0 Å². The Bertz CT molecular complexity index is 884. The Hall–Kier alpha value is -2.45. The first-order valence-corrected chi connectivity index (χ1v) is 8.95. The van der Waals surface area contributed by atoms with E-state index in [2.05, 4.69) is 10.0 Å². The maximum absolute atomic E-state index is 13.6. The van der Waals surface area contributed by atoms with Gasteiger partial charge in [-0.2, -0.15) is 4.72 Å². The number of carbonyl (C=O) groups is 1. The molecular formula is C17H19FN2O4S. The molecule has 25 heavy (non-hydrogen) atoms. The van der Waals surface area contributed by atoms with Crippen molar-refractivity contribution in [2.45, 2.75) is 24.8 Å². The fourth-order valence-electron chi connectivity index (χ4n) is 2.18. The first kappa shape index (κ1) is 18.9. The molecule has 0 aromatic heterocycles. The van der Waals surface area contributed by atoms with Crippen LogP contribution in [0.2, 0.25) is 0 Å². The molecule has 1 amide bonds. The molecule has 0 radical (unpaired) electrons. The predicted molar refractivity (Wildman–Crippen MR) is 92.5 cm³/mol. The van der Waals surface area contributed by atoms with Gasteiger partial charge in [0, 0.05) is 0 Å². The number of amides is 1. The van der Waals surface area contributed by atoms with Gasteiger partial charge in [0.05, 0.1) is 23.7 Å². The minimum Gasteiger partial charge on any atom is -0.496 e. The number of ether oxygens (including phenoxy) is 1. The van der Waals surface area contributed by atoms with Gasteiger partial charge < -0.3 is 10.1 Å². The van der Waals surface area contributed by atoms with Gasteiger partial charge in [-0.25, -0.2) is 12.8 Å². The number of nitrogens with one attached hydrogen (secondary N) is 2. The molecule has 0 aliphatic carbocycles. The fraction of sp³-hybridized carbons (Fsp3) is 0.235. The van der Waals surface area contributed by atoms with Gasteiger partial charge in [-0.1, -0.05) is 12.1 Å². The molecule has 0 unspecified atom stereocenters. The molecule has 1 atom stereocenters. The van der Waals surface area contributed by atoms with Crippen LogP contribution in [0.15, 0.2) is 47.4 Å². The Morgan fingerprint density at radius 1 is 1.20 bits per heavy atom. The Kier molecular flexibility index (Phi) is 5.76. The van der Waals surface area contributed by atoms with Crippen LogP contribution < -0.4 is 14.8 Å². The number of carbonyl (C=O) groups excluding carboxylic acids is 1. The third-order valence-electron chi connectivity index (χ3n) is 3.53. The van der Waals surface area contributed by atoms with Crippen LogP contribution in [0.5, 0.6) is 5.75 Å². The molecule has 8 heteroatoms. The number of methoxy groups -OCH3 is 1. The Morgan fingerprint density at radius 3 is 2.48 bits per heavy atom. The lowest BCUT2D eigenvalue weighted by atomic mass is 10.2. The van der Waals surface area contributed by atoms with Crippen LogP contribution in [0.25, 0.3) is 0 Å². The standard InChI is InChI=1S/C17H19FN2O4S/c1-11-10-13(8-9-16(11)24-3)25(22,23)20-12(2)17(21)19-15-7-5-4-6-14(15)18/h4-10,12,20H,1-3H3,(H,19,21)/t12-/m0/s1. The van der Waals surface area contributed by atoms with Gasteiger partial charge in [0.2, 0.25) is 15.9 Å². The van der Waals surface area contributed by atoms with Crippen molar-refractivity contribution in [1.29, 1.82) is 0 Å². The number of rotatable bonds is 6. The number of hydrogen-bond donors (Lipinski definition) is 2. The first-order valence-electron chi connectivity index (χ1n) is 7.47. The van der Waals surface area contributed by atoms with E-state index in [4.69, 9.17) is 4.74 Å². The molecule has 0 heterocycles. The first-order chi connectivity index (χ1) is 11.7. The highest BCUT2D eigenvalue weighted by molar-refractivity contribution is 7.89. The second kappa shape index (κ2) is 7.62. The summed E-state index contributed by atoms with van der Waals surface area (Å²) in [7, 11) is -2.42. The summed E-state index contributed by atoms with van der Waals surface area (Å²) in [5.74, 6) is -0.708. The van der Waals surface area contributed by atoms with Crippen molar-refractivity contribution in [1.82, 2.24) is 4.72 Å². The summed E-state index contributed by atoms with van der Waals surface area (Å²) in [6.07, 6.45) is 0. The second-order valence-electron chi connectivity index (χ2n) is 5.44. The maximum atomic E-state index is 13.6. The largest absolute Gasteiger partial charge is 0.496 e. The summed E-state index contributed by atoms with van der Waals surface area (Å²) in [6, 6.07) is 8.92. The third-order valence-corrected chi connectivity index (χ3v) is 5.07. The van der Waals surface area contributed by atoms with Crippen LogP contribution in [0, 0.1) is 12.7 Å². The smallest absolute Gasteiger partial charge is 0.242 e. The predicted octanol–water partition coefficient (Wildman–Crippen LogP) is 2.45. The van der Waals surface area contributed by atoms with Gasteiger partial charge in [0.1, 0.15) is 11.6 Å².